The summed E-state index contributed by atoms with van der Waals surface area (Å²) in [6.45, 7) is 1.72. The van der Waals surface area contributed by atoms with E-state index in [4.69, 9.17) is 5.73 Å². The van der Waals surface area contributed by atoms with E-state index >= 15 is 0 Å². The third-order valence-electron chi connectivity index (χ3n) is 2.73. The van der Waals surface area contributed by atoms with Crippen LogP contribution >= 0.6 is 0 Å². The lowest BCUT2D eigenvalue weighted by atomic mass is 9.95. The van der Waals surface area contributed by atoms with E-state index in [2.05, 4.69) is 0 Å². The molecular formula is C14H12F3N. The van der Waals surface area contributed by atoms with E-state index in [1.165, 1.54) is 0 Å². The topological polar surface area (TPSA) is 26.0 Å². The molecule has 0 radical (unpaired) electrons. The fourth-order valence-electron chi connectivity index (χ4n) is 1.92. The van der Waals surface area contributed by atoms with Gasteiger partial charge in [-0.15, -0.1) is 0 Å². The summed E-state index contributed by atoms with van der Waals surface area (Å²) in [5, 5.41) is 0. The van der Waals surface area contributed by atoms with Crippen LogP contribution in [0.15, 0.2) is 36.4 Å². The van der Waals surface area contributed by atoms with Crippen LogP contribution in [0.5, 0.6) is 0 Å². The molecule has 0 aliphatic heterocycles. The van der Waals surface area contributed by atoms with Gasteiger partial charge in [0.15, 0.2) is 0 Å². The zero-order valence-electron chi connectivity index (χ0n) is 9.75. The van der Waals surface area contributed by atoms with E-state index in [0.717, 1.165) is 0 Å². The molecule has 0 saturated heterocycles. The molecule has 2 aromatic rings. The smallest absolute Gasteiger partial charge is 0.136 e. The Labute approximate surface area is 103 Å². The summed E-state index contributed by atoms with van der Waals surface area (Å²) in [4.78, 5) is 0. The van der Waals surface area contributed by atoms with Crippen molar-refractivity contribution in [1.82, 2.24) is 0 Å². The SMILES string of the molecule is CC(N)c1ccccc1-c1c(F)cc(F)cc1F. The average Bonchev–Trinajstić information content (AvgIpc) is 2.28. The van der Waals surface area contributed by atoms with E-state index in [-0.39, 0.29) is 11.6 Å². The van der Waals surface area contributed by atoms with Gasteiger partial charge in [-0.3, -0.25) is 0 Å². The fraction of sp³-hybridized carbons (Fsp3) is 0.143. The quantitative estimate of drug-likeness (QED) is 0.863. The molecule has 2 N–H and O–H groups in total. The lowest BCUT2D eigenvalue weighted by Gasteiger charge is -2.14. The van der Waals surface area contributed by atoms with Crippen LogP contribution in [0.25, 0.3) is 11.1 Å². The predicted octanol–water partition coefficient (Wildman–Crippen LogP) is 3.79. The van der Waals surface area contributed by atoms with Crippen LogP contribution < -0.4 is 5.73 Å². The minimum Gasteiger partial charge on any atom is -0.324 e. The molecule has 0 aliphatic carbocycles. The second-order valence-electron chi connectivity index (χ2n) is 4.12. The zero-order valence-corrected chi connectivity index (χ0v) is 9.75. The first-order valence-corrected chi connectivity index (χ1v) is 5.50. The van der Waals surface area contributed by atoms with Crippen molar-refractivity contribution in [3.8, 4) is 11.1 Å². The third-order valence-corrected chi connectivity index (χ3v) is 2.73. The normalized spacial score (nSPS) is 12.5. The maximum Gasteiger partial charge on any atom is 0.136 e. The highest BCUT2D eigenvalue weighted by Gasteiger charge is 2.17. The molecule has 1 atom stereocenters. The molecule has 94 valence electrons. The summed E-state index contributed by atoms with van der Waals surface area (Å²) in [5.41, 5.74) is 6.48. The van der Waals surface area contributed by atoms with Crippen LogP contribution in [-0.2, 0) is 0 Å². The van der Waals surface area contributed by atoms with Crippen LogP contribution in [-0.4, -0.2) is 0 Å². The van der Waals surface area contributed by atoms with Crippen LogP contribution in [0.4, 0.5) is 13.2 Å². The summed E-state index contributed by atoms with van der Waals surface area (Å²) in [6, 6.07) is 7.61. The van der Waals surface area contributed by atoms with Gasteiger partial charge in [0.2, 0.25) is 0 Å². The summed E-state index contributed by atoms with van der Waals surface area (Å²) < 4.78 is 40.3. The second-order valence-corrected chi connectivity index (χ2v) is 4.12. The summed E-state index contributed by atoms with van der Waals surface area (Å²) in [6.07, 6.45) is 0. The molecule has 2 aromatic carbocycles. The first-order chi connectivity index (χ1) is 8.50. The van der Waals surface area contributed by atoms with Crippen molar-refractivity contribution < 1.29 is 13.2 Å². The van der Waals surface area contributed by atoms with Crippen molar-refractivity contribution in [2.24, 2.45) is 5.73 Å². The van der Waals surface area contributed by atoms with E-state index in [0.29, 0.717) is 23.3 Å². The van der Waals surface area contributed by atoms with E-state index in [1.807, 2.05) is 0 Å². The van der Waals surface area contributed by atoms with Gasteiger partial charge >= 0.3 is 0 Å². The van der Waals surface area contributed by atoms with Gasteiger partial charge in [-0.25, -0.2) is 13.2 Å². The highest BCUT2D eigenvalue weighted by molar-refractivity contribution is 5.69. The van der Waals surface area contributed by atoms with Crippen LogP contribution in [0, 0.1) is 17.5 Å². The fourth-order valence-corrected chi connectivity index (χ4v) is 1.92. The Morgan fingerprint density at radius 2 is 1.56 bits per heavy atom. The molecule has 0 heterocycles. The molecular weight excluding hydrogens is 239 g/mol. The Kier molecular flexibility index (Phi) is 3.39. The number of nitrogens with two attached hydrogens (primary N) is 1. The maximum absolute atomic E-state index is 13.7. The molecule has 4 heteroatoms. The van der Waals surface area contributed by atoms with E-state index in [1.54, 1.807) is 31.2 Å². The van der Waals surface area contributed by atoms with Gasteiger partial charge in [0.05, 0.1) is 5.56 Å². The van der Waals surface area contributed by atoms with Gasteiger partial charge in [0.1, 0.15) is 17.5 Å². The number of rotatable bonds is 2. The Hall–Kier alpha value is -1.81. The van der Waals surface area contributed by atoms with Crippen LogP contribution in [0.3, 0.4) is 0 Å². The Balaban J connectivity index is 2.70. The Bertz CT molecular complexity index is 556. The summed E-state index contributed by atoms with van der Waals surface area (Å²) >= 11 is 0. The van der Waals surface area contributed by atoms with Crippen molar-refractivity contribution >= 4 is 0 Å². The van der Waals surface area contributed by atoms with E-state index < -0.39 is 17.5 Å². The molecule has 0 fully saturated rings. The highest BCUT2D eigenvalue weighted by Crippen LogP contribution is 2.31. The highest BCUT2D eigenvalue weighted by atomic mass is 19.1. The van der Waals surface area contributed by atoms with Gasteiger partial charge in [-0.05, 0) is 18.1 Å². The molecule has 0 aliphatic rings. The third kappa shape index (κ3) is 2.24. The predicted molar refractivity (Wildman–Crippen MR) is 64.4 cm³/mol. The molecule has 1 unspecified atom stereocenters. The monoisotopic (exact) mass is 251 g/mol. The maximum atomic E-state index is 13.7. The number of hydrogen-bond acceptors (Lipinski definition) is 1. The van der Waals surface area contributed by atoms with Crippen LogP contribution in [0.2, 0.25) is 0 Å². The Morgan fingerprint density at radius 1 is 1.00 bits per heavy atom. The summed E-state index contributed by atoms with van der Waals surface area (Å²) in [5.74, 6) is -2.80. The minimum atomic E-state index is -0.938. The second kappa shape index (κ2) is 4.82. The van der Waals surface area contributed by atoms with Crippen molar-refractivity contribution in [2.75, 3.05) is 0 Å². The number of benzene rings is 2. The largest absolute Gasteiger partial charge is 0.324 e. The standard InChI is InChI=1S/C14H12F3N/c1-8(18)10-4-2-3-5-11(10)14-12(16)6-9(15)7-13(14)17/h2-8H,18H2,1H3. The first-order valence-electron chi connectivity index (χ1n) is 5.50. The van der Waals surface area contributed by atoms with Crippen molar-refractivity contribution in [3.05, 3.63) is 59.4 Å². The molecule has 2 rings (SSSR count). The minimum absolute atomic E-state index is 0.246. The number of hydrogen-bond donors (Lipinski definition) is 1. The Morgan fingerprint density at radius 3 is 2.11 bits per heavy atom. The molecule has 18 heavy (non-hydrogen) atoms. The van der Waals surface area contributed by atoms with Crippen molar-refractivity contribution in [3.63, 3.8) is 0 Å². The van der Waals surface area contributed by atoms with Crippen LogP contribution in [0.1, 0.15) is 18.5 Å². The molecule has 0 spiro atoms. The van der Waals surface area contributed by atoms with Gasteiger partial charge in [-0.2, -0.15) is 0 Å². The van der Waals surface area contributed by atoms with Gasteiger partial charge < -0.3 is 5.73 Å². The number of halogens is 3. The molecule has 1 nitrogen and oxygen atoms in total. The first kappa shape index (κ1) is 12.6. The lowest BCUT2D eigenvalue weighted by molar-refractivity contribution is 0.547. The molecule has 0 aromatic heterocycles. The van der Waals surface area contributed by atoms with Gasteiger partial charge in [0.25, 0.3) is 0 Å². The lowest BCUT2D eigenvalue weighted by Crippen LogP contribution is -2.07. The van der Waals surface area contributed by atoms with E-state index in [9.17, 15) is 13.2 Å². The van der Waals surface area contributed by atoms with Crippen molar-refractivity contribution in [2.45, 2.75) is 13.0 Å². The average molecular weight is 251 g/mol. The summed E-state index contributed by atoms with van der Waals surface area (Å²) in [7, 11) is 0. The van der Waals surface area contributed by atoms with Gasteiger partial charge in [0, 0.05) is 18.2 Å². The molecule has 0 saturated carbocycles. The van der Waals surface area contributed by atoms with Gasteiger partial charge in [-0.1, -0.05) is 24.3 Å². The molecule has 0 bridgehead atoms. The zero-order chi connectivity index (χ0) is 13.3. The molecule has 0 amide bonds. The van der Waals surface area contributed by atoms with Crippen molar-refractivity contribution in [1.29, 1.82) is 0 Å².